The van der Waals surface area contributed by atoms with Gasteiger partial charge in [0.05, 0.1) is 22.7 Å². The van der Waals surface area contributed by atoms with E-state index < -0.39 is 5.97 Å². The largest absolute Gasteiger partial charge is 0.506 e. The summed E-state index contributed by atoms with van der Waals surface area (Å²) in [6, 6.07) is 21.8. The number of para-hydroxylation sites is 1. The summed E-state index contributed by atoms with van der Waals surface area (Å²) in [5.41, 5.74) is 6.19. The van der Waals surface area contributed by atoms with Crippen LogP contribution in [-0.4, -0.2) is 27.3 Å². The Balaban J connectivity index is 1.62. The van der Waals surface area contributed by atoms with E-state index in [1.807, 2.05) is 61.5 Å². The lowest BCUT2D eigenvalue weighted by atomic mass is 10.1. The summed E-state index contributed by atoms with van der Waals surface area (Å²) in [4.78, 5) is 18.1. The molecule has 5 nitrogen and oxygen atoms in total. The van der Waals surface area contributed by atoms with Gasteiger partial charge >= 0.3 is 5.97 Å². The number of thioether (sulfide) groups is 1. The number of carbonyl (C=O) groups is 1. The van der Waals surface area contributed by atoms with E-state index in [9.17, 15) is 9.90 Å². The molecule has 7 heteroatoms. The van der Waals surface area contributed by atoms with E-state index in [2.05, 4.69) is 40.9 Å². The Morgan fingerprint density at radius 2 is 1.79 bits per heavy atom. The molecule has 4 aromatic rings. The maximum atomic E-state index is 12.9. The third-order valence-corrected chi connectivity index (χ3v) is 8.00. The standard InChI is InChI=1S/C32H29ClN2O3S/c1-4-21-10-8-11-25-23(19-35(29(21)25)18-22-9-6-7-12-26(22)33)17-27-30(36)28(32(37)38-5-2)31(39-27)34-24-15-13-20(3)14-16-24/h6-17,19,36H,4-5,18H2,1-3H3/b27-17-,34-31?. The van der Waals surface area contributed by atoms with Gasteiger partial charge in [-0.3, -0.25) is 0 Å². The summed E-state index contributed by atoms with van der Waals surface area (Å²) in [6.07, 6.45) is 4.87. The zero-order chi connectivity index (χ0) is 27.5. The van der Waals surface area contributed by atoms with Crippen molar-refractivity contribution in [1.82, 2.24) is 4.57 Å². The van der Waals surface area contributed by atoms with Gasteiger partial charge in [-0.2, -0.15) is 0 Å². The topological polar surface area (TPSA) is 63.8 Å². The first-order valence-corrected chi connectivity index (χ1v) is 14.1. The second-order valence-corrected chi connectivity index (χ2v) is 10.7. The summed E-state index contributed by atoms with van der Waals surface area (Å²) < 4.78 is 7.47. The number of rotatable bonds is 7. The Kier molecular flexibility index (Phi) is 7.96. The molecule has 0 radical (unpaired) electrons. The van der Waals surface area contributed by atoms with E-state index in [4.69, 9.17) is 16.3 Å². The molecule has 5 rings (SSSR count). The number of fused-ring (bicyclic) bond motifs is 1. The first-order valence-electron chi connectivity index (χ1n) is 12.9. The van der Waals surface area contributed by atoms with E-state index in [0.29, 0.717) is 22.2 Å². The smallest absolute Gasteiger partial charge is 0.344 e. The number of carbonyl (C=O) groups excluding carboxylic acids is 1. The summed E-state index contributed by atoms with van der Waals surface area (Å²) in [7, 11) is 0. The minimum absolute atomic E-state index is 0.0859. The molecular formula is C32H29ClN2O3S. The van der Waals surface area contributed by atoms with Crippen LogP contribution in [0.25, 0.3) is 17.0 Å². The fourth-order valence-electron chi connectivity index (χ4n) is 4.67. The molecule has 0 aliphatic carbocycles. The van der Waals surface area contributed by atoms with Crippen molar-refractivity contribution in [1.29, 1.82) is 0 Å². The van der Waals surface area contributed by atoms with Crippen molar-refractivity contribution in [3.05, 3.63) is 116 Å². The summed E-state index contributed by atoms with van der Waals surface area (Å²) in [5, 5.41) is 13.4. The Bertz CT molecular complexity index is 1650. The number of benzene rings is 3. The monoisotopic (exact) mass is 556 g/mol. The number of aliphatic imine (C=N–C) groups is 1. The van der Waals surface area contributed by atoms with Crippen LogP contribution in [0.15, 0.2) is 94.2 Å². The molecule has 0 unspecified atom stereocenters. The zero-order valence-electron chi connectivity index (χ0n) is 22.1. The molecule has 0 saturated carbocycles. The summed E-state index contributed by atoms with van der Waals surface area (Å²) in [6.45, 7) is 6.70. The maximum Gasteiger partial charge on any atom is 0.344 e. The highest BCUT2D eigenvalue weighted by Gasteiger charge is 2.33. The number of nitrogens with zero attached hydrogens (tertiary/aromatic N) is 2. The fourth-order valence-corrected chi connectivity index (χ4v) is 5.89. The van der Waals surface area contributed by atoms with Crippen LogP contribution in [0.2, 0.25) is 5.02 Å². The maximum absolute atomic E-state index is 12.9. The molecule has 0 spiro atoms. The fraction of sp³-hybridized carbons (Fsp3) is 0.188. The molecule has 0 fully saturated rings. The Hall–Kier alpha value is -3.74. The second kappa shape index (κ2) is 11.6. The van der Waals surface area contributed by atoms with Crippen LogP contribution >= 0.6 is 23.4 Å². The molecule has 39 heavy (non-hydrogen) atoms. The predicted octanol–water partition coefficient (Wildman–Crippen LogP) is 8.41. The molecule has 2 heterocycles. The predicted molar refractivity (Wildman–Crippen MR) is 162 cm³/mol. The number of halogens is 1. The van der Waals surface area contributed by atoms with E-state index in [0.717, 1.165) is 39.0 Å². The van der Waals surface area contributed by atoms with Gasteiger partial charge in [-0.25, -0.2) is 9.79 Å². The molecule has 1 N–H and O–H groups in total. The summed E-state index contributed by atoms with van der Waals surface area (Å²) >= 11 is 7.77. The highest BCUT2D eigenvalue weighted by Crippen LogP contribution is 2.41. The third kappa shape index (κ3) is 5.54. The van der Waals surface area contributed by atoms with Gasteiger partial charge in [0.25, 0.3) is 0 Å². The summed E-state index contributed by atoms with van der Waals surface area (Å²) in [5.74, 6) is -0.714. The zero-order valence-corrected chi connectivity index (χ0v) is 23.6. The van der Waals surface area contributed by atoms with Gasteiger partial charge in [-0.15, -0.1) is 0 Å². The van der Waals surface area contributed by atoms with Crippen molar-refractivity contribution >= 4 is 57.0 Å². The Morgan fingerprint density at radius 1 is 1.05 bits per heavy atom. The first kappa shape index (κ1) is 26.9. The van der Waals surface area contributed by atoms with Crippen molar-refractivity contribution in [2.75, 3.05) is 6.61 Å². The van der Waals surface area contributed by atoms with Gasteiger partial charge in [0.2, 0.25) is 0 Å². The molecule has 0 saturated heterocycles. The number of esters is 1. The van der Waals surface area contributed by atoms with Crippen molar-refractivity contribution < 1.29 is 14.6 Å². The SMILES string of the molecule is CCOC(=O)C1=C(O)/C(=C/c2cn(Cc3ccccc3Cl)c3c(CC)cccc23)SC1=Nc1ccc(C)cc1. The minimum Gasteiger partial charge on any atom is -0.506 e. The molecule has 3 aromatic carbocycles. The van der Waals surface area contributed by atoms with Gasteiger partial charge in [-0.05, 0) is 55.7 Å². The van der Waals surface area contributed by atoms with Crippen LogP contribution < -0.4 is 0 Å². The highest BCUT2D eigenvalue weighted by molar-refractivity contribution is 8.18. The van der Waals surface area contributed by atoms with Crippen molar-refractivity contribution in [3.63, 3.8) is 0 Å². The molecule has 0 atom stereocenters. The Labute approximate surface area is 237 Å². The molecule has 1 aliphatic heterocycles. The second-order valence-electron chi connectivity index (χ2n) is 9.28. The normalized spacial score (nSPS) is 15.6. The van der Waals surface area contributed by atoms with Crippen LogP contribution in [-0.2, 0) is 22.5 Å². The number of hydrogen-bond acceptors (Lipinski definition) is 5. The minimum atomic E-state index is -0.592. The van der Waals surface area contributed by atoms with Crippen molar-refractivity contribution in [3.8, 4) is 0 Å². The molecule has 0 bridgehead atoms. The van der Waals surface area contributed by atoms with Crippen LogP contribution in [0, 0.1) is 6.92 Å². The quantitative estimate of drug-likeness (QED) is 0.232. The molecule has 0 amide bonds. The number of aromatic nitrogens is 1. The van der Waals surface area contributed by atoms with Gasteiger partial charge in [0, 0.05) is 28.7 Å². The number of aryl methyl sites for hydroxylation is 2. The van der Waals surface area contributed by atoms with Gasteiger partial charge in [0.1, 0.15) is 16.4 Å². The first-order chi connectivity index (χ1) is 18.9. The molecule has 1 aromatic heterocycles. The van der Waals surface area contributed by atoms with Crippen LogP contribution in [0.3, 0.4) is 0 Å². The molecule has 198 valence electrons. The number of ether oxygens (including phenoxy) is 1. The van der Waals surface area contributed by atoms with E-state index in [1.54, 1.807) is 6.92 Å². The van der Waals surface area contributed by atoms with Crippen LogP contribution in [0.4, 0.5) is 5.69 Å². The average Bonchev–Trinajstić information content (AvgIpc) is 3.43. The lowest BCUT2D eigenvalue weighted by Crippen LogP contribution is -2.12. The van der Waals surface area contributed by atoms with Crippen LogP contribution in [0.1, 0.15) is 36.1 Å². The average molecular weight is 557 g/mol. The number of aliphatic hydroxyl groups excluding tert-OH is 1. The number of aliphatic hydroxyl groups is 1. The van der Waals surface area contributed by atoms with Crippen molar-refractivity contribution in [2.24, 2.45) is 4.99 Å². The molecule has 1 aliphatic rings. The van der Waals surface area contributed by atoms with Crippen molar-refractivity contribution in [2.45, 2.75) is 33.7 Å². The number of hydrogen-bond donors (Lipinski definition) is 1. The van der Waals surface area contributed by atoms with Gasteiger partial charge < -0.3 is 14.4 Å². The van der Waals surface area contributed by atoms with Gasteiger partial charge in [0.15, 0.2) is 0 Å². The van der Waals surface area contributed by atoms with E-state index >= 15 is 0 Å². The molecular weight excluding hydrogens is 528 g/mol. The highest BCUT2D eigenvalue weighted by atomic mass is 35.5. The lowest BCUT2D eigenvalue weighted by molar-refractivity contribution is -0.138. The van der Waals surface area contributed by atoms with E-state index in [1.165, 1.54) is 17.3 Å². The van der Waals surface area contributed by atoms with E-state index in [-0.39, 0.29) is 17.9 Å². The Morgan fingerprint density at radius 3 is 2.51 bits per heavy atom. The lowest BCUT2D eigenvalue weighted by Gasteiger charge is -2.10. The van der Waals surface area contributed by atoms with Gasteiger partial charge in [-0.1, -0.05) is 84.4 Å². The van der Waals surface area contributed by atoms with Crippen LogP contribution in [0.5, 0.6) is 0 Å². The third-order valence-electron chi connectivity index (χ3n) is 6.61.